The van der Waals surface area contributed by atoms with E-state index < -0.39 is 0 Å². The maximum atomic E-state index is 11.5. The lowest BCUT2D eigenvalue weighted by Gasteiger charge is -2.23. The number of nitriles is 1. The third-order valence-electron chi connectivity index (χ3n) is 3.76. The highest BCUT2D eigenvalue weighted by molar-refractivity contribution is 5.95. The molecule has 1 aromatic carbocycles. The standard InChI is InChI=1S/C15H19N3O/c1-11(19)12-4-5-13(9-16)15(8-12)18-7-6-14(10-18)17(2)3/h4-5,8,14H,6-7,10H2,1-3H3. The molecule has 19 heavy (non-hydrogen) atoms. The van der Waals surface area contributed by atoms with Gasteiger partial charge in [0, 0.05) is 24.7 Å². The number of hydrogen-bond acceptors (Lipinski definition) is 4. The predicted molar refractivity (Wildman–Crippen MR) is 75.5 cm³/mol. The van der Waals surface area contributed by atoms with Crippen LogP contribution in [-0.2, 0) is 0 Å². The van der Waals surface area contributed by atoms with E-state index in [1.807, 2.05) is 6.07 Å². The molecule has 100 valence electrons. The number of carbonyl (C=O) groups excluding carboxylic acids is 1. The van der Waals surface area contributed by atoms with Crippen molar-refractivity contribution in [2.75, 3.05) is 32.1 Å². The van der Waals surface area contributed by atoms with Crippen molar-refractivity contribution in [2.24, 2.45) is 0 Å². The highest BCUT2D eigenvalue weighted by Crippen LogP contribution is 2.27. The molecule has 0 aliphatic carbocycles. The second kappa shape index (κ2) is 5.41. The Balaban J connectivity index is 2.31. The molecule has 0 bridgehead atoms. The largest absolute Gasteiger partial charge is 0.369 e. The zero-order valence-corrected chi connectivity index (χ0v) is 11.7. The Morgan fingerprint density at radius 3 is 2.74 bits per heavy atom. The molecule has 1 heterocycles. The van der Waals surface area contributed by atoms with Crippen LogP contribution < -0.4 is 4.90 Å². The van der Waals surface area contributed by atoms with E-state index in [1.165, 1.54) is 0 Å². The summed E-state index contributed by atoms with van der Waals surface area (Å²) in [5.74, 6) is 0.0362. The molecule has 1 aromatic rings. The molecule has 0 saturated carbocycles. The zero-order valence-electron chi connectivity index (χ0n) is 11.7. The van der Waals surface area contributed by atoms with Gasteiger partial charge >= 0.3 is 0 Å². The Morgan fingerprint density at radius 1 is 1.47 bits per heavy atom. The van der Waals surface area contributed by atoms with Crippen LogP contribution in [0, 0.1) is 11.3 Å². The number of likely N-dealkylation sites (N-methyl/N-ethyl adjacent to an activating group) is 1. The fraction of sp³-hybridized carbons (Fsp3) is 0.467. The number of ketones is 1. The molecule has 1 atom stereocenters. The molecular formula is C15H19N3O. The Labute approximate surface area is 114 Å². The molecular weight excluding hydrogens is 238 g/mol. The minimum Gasteiger partial charge on any atom is -0.369 e. The van der Waals surface area contributed by atoms with Gasteiger partial charge in [-0.25, -0.2) is 0 Å². The van der Waals surface area contributed by atoms with Gasteiger partial charge in [0.25, 0.3) is 0 Å². The SMILES string of the molecule is CC(=O)c1ccc(C#N)c(N2CCC(N(C)C)C2)c1. The molecule has 0 aromatic heterocycles. The molecule has 1 saturated heterocycles. The summed E-state index contributed by atoms with van der Waals surface area (Å²) in [5, 5.41) is 9.21. The third-order valence-corrected chi connectivity index (χ3v) is 3.76. The van der Waals surface area contributed by atoms with Crippen LogP contribution in [0.3, 0.4) is 0 Å². The van der Waals surface area contributed by atoms with Crippen molar-refractivity contribution < 1.29 is 4.79 Å². The molecule has 1 aliphatic heterocycles. The summed E-state index contributed by atoms with van der Waals surface area (Å²) in [4.78, 5) is 15.9. The molecule has 1 aliphatic rings. The highest BCUT2D eigenvalue weighted by Gasteiger charge is 2.25. The first-order valence-electron chi connectivity index (χ1n) is 6.49. The number of Topliss-reactive ketones (excluding diaryl/α,β-unsaturated/α-hetero) is 1. The molecule has 4 heteroatoms. The molecule has 0 amide bonds. The first-order valence-corrected chi connectivity index (χ1v) is 6.49. The van der Waals surface area contributed by atoms with Gasteiger partial charge in [-0.3, -0.25) is 4.79 Å². The Kier molecular flexibility index (Phi) is 3.87. The lowest BCUT2D eigenvalue weighted by molar-refractivity contribution is 0.101. The molecule has 1 fully saturated rings. The number of carbonyl (C=O) groups is 1. The fourth-order valence-electron chi connectivity index (χ4n) is 2.49. The fourth-order valence-corrected chi connectivity index (χ4v) is 2.49. The van der Waals surface area contributed by atoms with E-state index in [-0.39, 0.29) is 5.78 Å². The minimum atomic E-state index is 0.0362. The van der Waals surface area contributed by atoms with Gasteiger partial charge in [-0.05, 0) is 45.6 Å². The first-order chi connectivity index (χ1) is 9.02. The number of hydrogen-bond donors (Lipinski definition) is 0. The van der Waals surface area contributed by atoms with Gasteiger partial charge in [0.1, 0.15) is 6.07 Å². The average molecular weight is 257 g/mol. The molecule has 1 unspecified atom stereocenters. The zero-order chi connectivity index (χ0) is 14.0. The van der Waals surface area contributed by atoms with E-state index in [2.05, 4.69) is 30.0 Å². The maximum Gasteiger partial charge on any atom is 0.159 e. The quantitative estimate of drug-likeness (QED) is 0.776. The number of rotatable bonds is 3. The van der Waals surface area contributed by atoms with Crippen molar-refractivity contribution in [1.29, 1.82) is 5.26 Å². The van der Waals surface area contributed by atoms with E-state index in [0.717, 1.165) is 25.2 Å². The number of nitrogens with zero attached hydrogens (tertiary/aromatic N) is 3. The van der Waals surface area contributed by atoms with Crippen LogP contribution in [0.15, 0.2) is 18.2 Å². The summed E-state index contributed by atoms with van der Waals surface area (Å²) in [6.07, 6.45) is 1.09. The number of anilines is 1. The summed E-state index contributed by atoms with van der Waals surface area (Å²) >= 11 is 0. The van der Waals surface area contributed by atoms with Crippen LogP contribution >= 0.6 is 0 Å². The minimum absolute atomic E-state index is 0.0362. The van der Waals surface area contributed by atoms with Gasteiger partial charge in [0.2, 0.25) is 0 Å². The third kappa shape index (κ3) is 2.77. The van der Waals surface area contributed by atoms with Crippen LogP contribution in [0.1, 0.15) is 29.3 Å². The molecule has 0 spiro atoms. The molecule has 4 nitrogen and oxygen atoms in total. The van der Waals surface area contributed by atoms with Gasteiger partial charge in [0.05, 0.1) is 11.3 Å². The van der Waals surface area contributed by atoms with Crippen molar-refractivity contribution in [3.05, 3.63) is 29.3 Å². The number of benzene rings is 1. The predicted octanol–water partition coefficient (Wildman–Crippen LogP) is 1.90. The second-order valence-corrected chi connectivity index (χ2v) is 5.25. The van der Waals surface area contributed by atoms with Crippen molar-refractivity contribution in [2.45, 2.75) is 19.4 Å². The second-order valence-electron chi connectivity index (χ2n) is 5.25. The molecule has 2 rings (SSSR count). The van der Waals surface area contributed by atoms with Gasteiger partial charge in [-0.2, -0.15) is 5.26 Å². The average Bonchev–Trinajstić information content (AvgIpc) is 2.87. The van der Waals surface area contributed by atoms with E-state index in [0.29, 0.717) is 17.2 Å². The topological polar surface area (TPSA) is 47.3 Å². The molecule has 0 N–H and O–H groups in total. The van der Waals surface area contributed by atoms with E-state index >= 15 is 0 Å². The monoisotopic (exact) mass is 257 g/mol. The first kappa shape index (κ1) is 13.6. The van der Waals surface area contributed by atoms with Gasteiger partial charge in [-0.1, -0.05) is 0 Å². The lowest BCUT2D eigenvalue weighted by Crippen LogP contribution is -2.31. The lowest BCUT2D eigenvalue weighted by atomic mass is 10.1. The summed E-state index contributed by atoms with van der Waals surface area (Å²) in [7, 11) is 4.15. The van der Waals surface area contributed by atoms with E-state index in [1.54, 1.807) is 19.1 Å². The Hall–Kier alpha value is -1.86. The van der Waals surface area contributed by atoms with E-state index in [4.69, 9.17) is 0 Å². The van der Waals surface area contributed by atoms with Crippen LogP contribution in [-0.4, -0.2) is 43.9 Å². The molecule has 0 radical (unpaired) electrons. The van der Waals surface area contributed by atoms with Crippen LogP contribution in [0.5, 0.6) is 0 Å². The maximum absolute atomic E-state index is 11.5. The Morgan fingerprint density at radius 2 is 2.21 bits per heavy atom. The Bertz CT molecular complexity index is 531. The normalized spacial score (nSPS) is 18.7. The smallest absolute Gasteiger partial charge is 0.159 e. The summed E-state index contributed by atoms with van der Waals surface area (Å²) < 4.78 is 0. The summed E-state index contributed by atoms with van der Waals surface area (Å²) in [5.41, 5.74) is 2.20. The van der Waals surface area contributed by atoms with Crippen molar-refractivity contribution in [3.8, 4) is 6.07 Å². The van der Waals surface area contributed by atoms with Gasteiger partial charge in [-0.15, -0.1) is 0 Å². The van der Waals surface area contributed by atoms with E-state index in [9.17, 15) is 10.1 Å². The summed E-state index contributed by atoms with van der Waals surface area (Å²) in [6.45, 7) is 3.39. The van der Waals surface area contributed by atoms with Crippen LogP contribution in [0.2, 0.25) is 0 Å². The van der Waals surface area contributed by atoms with Crippen molar-refractivity contribution >= 4 is 11.5 Å². The van der Waals surface area contributed by atoms with Crippen molar-refractivity contribution in [3.63, 3.8) is 0 Å². The summed E-state index contributed by atoms with van der Waals surface area (Å²) in [6, 6.07) is 8.04. The van der Waals surface area contributed by atoms with Crippen molar-refractivity contribution in [1.82, 2.24) is 4.90 Å². The highest BCUT2D eigenvalue weighted by atomic mass is 16.1. The van der Waals surface area contributed by atoms with Crippen LogP contribution in [0.4, 0.5) is 5.69 Å². The van der Waals surface area contributed by atoms with Crippen LogP contribution in [0.25, 0.3) is 0 Å². The van der Waals surface area contributed by atoms with Gasteiger partial charge in [0.15, 0.2) is 5.78 Å². The van der Waals surface area contributed by atoms with Gasteiger partial charge < -0.3 is 9.80 Å².